The van der Waals surface area contributed by atoms with Gasteiger partial charge in [-0.05, 0) is 17.2 Å². The average Bonchev–Trinajstić information content (AvgIpc) is 3.46. The van der Waals surface area contributed by atoms with Crippen LogP contribution >= 0.6 is 0 Å². The molecule has 2 amide bonds. The van der Waals surface area contributed by atoms with E-state index in [1.807, 2.05) is 24.3 Å². The molecule has 6 unspecified atom stereocenters. The number of hydrogen-bond acceptors (Lipinski definition) is 9. The van der Waals surface area contributed by atoms with Crippen molar-refractivity contribution in [3.63, 3.8) is 0 Å². The molecule has 11 heteroatoms. The Morgan fingerprint density at radius 3 is 2.69 bits per heavy atom. The summed E-state index contributed by atoms with van der Waals surface area (Å²) in [6, 6.07) is 6.50. The number of hydrogen-bond donors (Lipinski definition) is 2. The summed E-state index contributed by atoms with van der Waals surface area (Å²) in [6.07, 6.45) is 1.06. The van der Waals surface area contributed by atoms with Crippen LogP contribution in [0.25, 0.3) is 6.08 Å². The molecule has 1 saturated carbocycles. The third kappa shape index (κ3) is 4.03. The minimum Gasteiger partial charge on any atom is -0.458 e. The minimum atomic E-state index is -1.22. The highest BCUT2D eigenvalue weighted by Crippen LogP contribution is 2.55. The van der Waals surface area contributed by atoms with Gasteiger partial charge < -0.3 is 29.5 Å². The molecule has 6 atom stereocenters. The molecular weight excluding hydrogens is 458 g/mol. The number of benzene rings is 1. The summed E-state index contributed by atoms with van der Waals surface area (Å²) in [6.45, 7) is 0.112. The third-order valence-electron chi connectivity index (χ3n) is 7.07. The van der Waals surface area contributed by atoms with Crippen molar-refractivity contribution in [2.45, 2.75) is 43.4 Å². The van der Waals surface area contributed by atoms with Crippen molar-refractivity contribution in [2.75, 3.05) is 34.0 Å². The Morgan fingerprint density at radius 2 is 1.97 bits per heavy atom. The van der Waals surface area contributed by atoms with Crippen molar-refractivity contribution in [3.05, 3.63) is 41.5 Å². The Morgan fingerprint density at radius 1 is 1.23 bits per heavy atom. The maximum absolute atomic E-state index is 13.4. The monoisotopic (exact) mass is 487 g/mol. The van der Waals surface area contributed by atoms with E-state index in [0.29, 0.717) is 0 Å². The van der Waals surface area contributed by atoms with Gasteiger partial charge in [0.2, 0.25) is 11.8 Å². The van der Waals surface area contributed by atoms with E-state index in [9.17, 15) is 19.5 Å². The molecule has 5 rings (SSSR count). The number of rotatable bonds is 7. The van der Waals surface area contributed by atoms with Gasteiger partial charge in [-0.25, -0.2) is 0 Å². The van der Waals surface area contributed by atoms with Gasteiger partial charge in [0, 0.05) is 33.1 Å². The number of amides is 2. The van der Waals surface area contributed by atoms with E-state index in [2.05, 4.69) is 5.32 Å². The second kappa shape index (κ2) is 9.32. The molecule has 3 heterocycles. The molecule has 11 nitrogen and oxygen atoms in total. The van der Waals surface area contributed by atoms with Gasteiger partial charge in [0.15, 0.2) is 6.04 Å². The number of carbonyl (C=O) groups is 3. The van der Waals surface area contributed by atoms with Crippen molar-refractivity contribution < 1.29 is 38.5 Å². The lowest BCUT2D eigenvalue weighted by Gasteiger charge is -2.48. The van der Waals surface area contributed by atoms with Gasteiger partial charge in [0.1, 0.15) is 36.6 Å². The van der Waals surface area contributed by atoms with E-state index >= 15 is 0 Å². The number of fused-ring (bicyclic) bond motifs is 4. The zero-order valence-corrected chi connectivity index (χ0v) is 19.6. The zero-order chi connectivity index (χ0) is 24.7. The molecule has 1 aromatic carbocycles. The molecule has 0 aromatic heterocycles. The SMILES string of the molecule is CN(C)C(=O)C=Cc1ccc(CN2OC3C4OCOC4C4CC3(C(=O)NCCO)C2C(=O)O4)cc1. The molecule has 35 heavy (non-hydrogen) atoms. The van der Waals surface area contributed by atoms with Crippen molar-refractivity contribution >= 4 is 23.9 Å². The lowest BCUT2D eigenvalue weighted by Crippen LogP contribution is -2.69. The molecule has 188 valence electrons. The Hall–Kier alpha value is -2.83. The first kappa shape index (κ1) is 23.9. The summed E-state index contributed by atoms with van der Waals surface area (Å²) in [5.74, 6) is -1.03. The van der Waals surface area contributed by atoms with Gasteiger partial charge in [-0.3, -0.25) is 19.2 Å². The molecule has 3 aliphatic heterocycles. The Bertz CT molecular complexity index is 1030. The fourth-order valence-corrected chi connectivity index (χ4v) is 5.40. The quantitative estimate of drug-likeness (QED) is 0.384. The fraction of sp³-hybridized carbons (Fsp3) is 0.542. The minimum absolute atomic E-state index is 0.0353. The van der Waals surface area contributed by atoms with Crippen molar-refractivity contribution in [3.8, 4) is 0 Å². The molecule has 2 bridgehead atoms. The summed E-state index contributed by atoms with van der Waals surface area (Å²) >= 11 is 0. The standard InChI is InChI=1S/C24H29N3O8/c1-26(2)17(29)8-7-14-3-5-15(6-4-14)12-27-20-22(30)34-16-11-24(20,23(31)25-9-10-28)21(35-27)19-18(16)32-13-33-19/h3-8,16,18-21,28H,9-13H2,1-2H3,(H,25,31). The predicted octanol–water partition coefficient (Wildman–Crippen LogP) is -0.562. The molecule has 2 N–H and O–H groups in total. The van der Waals surface area contributed by atoms with Crippen LogP contribution in [0.2, 0.25) is 0 Å². The maximum Gasteiger partial charge on any atom is 0.327 e. The number of aliphatic hydroxyl groups is 1. The largest absolute Gasteiger partial charge is 0.458 e. The number of likely N-dealkylation sites (N-methyl/N-ethyl adjacent to an activating group) is 1. The van der Waals surface area contributed by atoms with E-state index in [0.717, 1.165) is 11.1 Å². The van der Waals surface area contributed by atoms with Gasteiger partial charge >= 0.3 is 5.97 Å². The highest BCUT2D eigenvalue weighted by molar-refractivity contribution is 5.93. The van der Waals surface area contributed by atoms with Crippen LogP contribution in [-0.4, -0.2) is 97.4 Å². The van der Waals surface area contributed by atoms with Crippen LogP contribution in [-0.2, 0) is 40.0 Å². The van der Waals surface area contributed by atoms with Gasteiger partial charge in [-0.2, -0.15) is 5.06 Å². The van der Waals surface area contributed by atoms with Crippen LogP contribution in [0.4, 0.5) is 0 Å². The number of nitrogens with zero attached hydrogens (tertiary/aromatic N) is 2. The summed E-state index contributed by atoms with van der Waals surface area (Å²) < 4.78 is 17.1. The van der Waals surface area contributed by atoms with E-state index in [1.54, 1.807) is 20.2 Å². The molecule has 1 aliphatic carbocycles. The molecule has 0 spiro atoms. The summed E-state index contributed by atoms with van der Waals surface area (Å²) in [5, 5.41) is 13.5. The van der Waals surface area contributed by atoms with E-state index in [1.165, 1.54) is 16.0 Å². The number of nitrogens with one attached hydrogen (secondary N) is 1. The smallest absolute Gasteiger partial charge is 0.327 e. The zero-order valence-electron chi connectivity index (χ0n) is 19.6. The van der Waals surface area contributed by atoms with Crippen LogP contribution < -0.4 is 5.32 Å². The van der Waals surface area contributed by atoms with E-state index < -0.39 is 41.8 Å². The predicted molar refractivity (Wildman–Crippen MR) is 120 cm³/mol. The molecule has 0 radical (unpaired) electrons. The number of ether oxygens (including phenoxy) is 3. The van der Waals surface area contributed by atoms with Crippen LogP contribution in [0.1, 0.15) is 17.5 Å². The van der Waals surface area contributed by atoms with Gasteiger partial charge in [-0.15, -0.1) is 0 Å². The maximum atomic E-state index is 13.4. The first-order valence-corrected chi connectivity index (χ1v) is 11.6. The van der Waals surface area contributed by atoms with Crippen LogP contribution in [0.5, 0.6) is 0 Å². The number of esters is 1. The fourth-order valence-electron chi connectivity index (χ4n) is 5.40. The number of aliphatic hydroxyl groups excluding tert-OH is 1. The highest BCUT2D eigenvalue weighted by atomic mass is 16.8. The summed E-state index contributed by atoms with van der Waals surface area (Å²) in [7, 11) is 3.37. The first-order chi connectivity index (χ1) is 16.8. The second-order valence-corrected chi connectivity index (χ2v) is 9.39. The highest BCUT2D eigenvalue weighted by Gasteiger charge is 2.74. The first-order valence-electron chi connectivity index (χ1n) is 11.6. The van der Waals surface area contributed by atoms with Crippen molar-refractivity contribution in [1.29, 1.82) is 0 Å². The molecule has 3 saturated heterocycles. The average molecular weight is 488 g/mol. The Balaban J connectivity index is 1.40. The summed E-state index contributed by atoms with van der Waals surface area (Å²) in [4.78, 5) is 46.1. The van der Waals surface area contributed by atoms with Crippen molar-refractivity contribution in [2.24, 2.45) is 5.41 Å². The lowest BCUT2D eigenvalue weighted by atomic mass is 9.62. The Kier molecular flexibility index (Phi) is 6.36. The lowest BCUT2D eigenvalue weighted by molar-refractivity contribution is -0.201. The molecule has 4 fully saturated rings. The molecule has 4 aliphatic rings. The van der Waals surface area contributed by atoms with Crippen LogP contribution in [0.15, 0.2) is 30.3 Å². The topological polar surface area (TPSA) is 127 Å². The third-order valence-corrected chi connectivity index (χ3v) is 7.07. The molecule has 1 aromatic rings. The van der Waals surface area contributed by atoms with Gasteiger partial charge in [-0.1, -0.05) is 24.3 Å². The van der Waals surface area contributed by atoms with Crippen LogP contribution in [0, 0.1) is 5.41 Å². The number of hydroxylamine groups is 2. The second-order valence-electron chi connectivity index (χ2n) is 9.39. The van der Waals surface area contributed by atoms with E-state index in [4.69, 9.17) is 19.0 Å². The van der Waals surface area contributed by atoms with Crippen LogP contribution in [0.3, 0.4) is 0 Å². The van der Waals surface area contributed by atoms with Gasteiger partial charge in [0.05, 0.1) is 13.2 Å². The molecular formula is C24H29N3O8. The normalized spacial score (nSPS) is 33.5. The summed E-state index contributed by atoms with van der Waals surface area (Å²) in [5.41, 5.74) is 0.471. The Labute approximate surface area is 202 Å². The number of carbonyl (C=O) groups excluding carboxylic acids is 3. The van der Waals surface area contributed by atoms with Crippen molar-refractivity contribution in [1.82, 2.24) is 15.3 Å². The van der Waals surface area contributed by atoms with E-state index in [-0.39, 0.29) is 44.7 Å². The van der Waals surface area contributed by atoms with Gasteiger partial charge in [0.25, 0.3) is 0 Å².